The standard InChI is InChI=1S/C14H17N3O2/c1-14(2,3)19-16-13(18)12-9-10-17(15-12)11-7-5-4-6-8-11/h4-10H,1-3H3,(H,16,18). The molecule has 1 aromatic carbocycles. The zero-order valence-electron chi connectivity index (χ0n) is 11.3. The van der Waals surface area contributed by atoms with Crippen LogP contribution in [0.3, 0.4) is 0 Å². The first-order chi connectivity index (χ1) is 8.96. The van der Waals surface area contributed by atoms with Crippen LogP contribution in [0.2, 0.25) is 0 Å². The van der Waals surface area contributed by atoms with Crippen molar-refractivity contribution in [3.05, 3.63) is 48.3 Å². The maximum absolute atomic E-state index is 11.8. The number of nitrogens with zero attached hydrogens (tertiary/aromatic N) is 2. The van der Waals surface area contributed by atoms with Crippen molar-refractivity contribution in [1.82, 2.24) is 15.3 Å². The van der Waals surface area contributed by atoms with Crippen LogP contribution < -0.4 is 5.48 Å². The minimum Gasteiger partial charge on any atom is -0.268 e. The minimum absolute atomic E-state index is 0.313. The van der Waals surface area contributed by atoms with Crippen molar-refractivity contribution in [2.45, 2.75) is 26.4 Å². The summed E-state index contributed by atoms with van der Waals surface area (Å²) < 4.78 is 1.64. The largest absolute Gasteiger partial charge is 0.295 e. The second-order valence-corrected chi connectivity index (χ2v) is 5.13. The van der Waals surface area contributed by atoms with Crippen LogP contribution in [0.15, 0.2) is 42.6 Å². The Morgan fingerprint density at radius 2 is 1.89 bits per heavy atom. The SMILES string of the molecule is CC(C)(C)ONC(=O)c1ccn(-c2ccccc2)n1. The minimum atomic E-state index is -0.433. The van der Waals surface area contributed by atoms with E-state index in [0.29, 0.717) is 5.69 Å². The van der Waals surface area contributed by atoms with Gasteiger partial charge in [-0.2, -0.15) is 5.10 Å². The Morgan fingerprint density at radius 3 is 2.53 bits per heavy atom. The molecule has 0 bridgehead atoms. The van der Waals surface area contributed by atoms with Crippen LogP contribution in [0.1, 0.15) is 31.3 Å². The molecule has 0 spiro atoms. The Balaban J connectivity index is 2.07. The van der Waals surface area contributed by atoms with Gasteiger partial charge in [-0.1, -0.05) is 18.2 Å². The first kappa shape index (κ1) is 13.3. The molecule has 0 aliphatic rings. The monoisotopic (exact) mass is 259 g/mol. The van der Waals surface area contributed by atoms with E-state index in [-0.39, 0.29) is 5.91 Å². The lowest BCUT2D eigenvalue weighted by Crippen LogP contribution is -2.33. The summed E-state index contributed by atoms with van der Waals surface area (Å²) in [7, 11) is 0. The molecule has 1 aromatic heterocycles. The summed E-state index contributed by atoms with van der Waals surface area (Å²) in [6.07, 6.45) is 1.74. The van der Waals surface area contributed by atoms with E-state index in [2.05, 4.69) is 10.6 Å². The molecule has 0 aliphatic carbocycles. The highest BCUT2D eigenvalue weighted by molar-refractivity contribution is 5.91. The van der Waals surface area contributed by atoms with E-state index in [1.165, 1.54) is 0 Å². The van der Waals surface area contributed by atoms with Crippen molar-refractivity contribution in [2.24, 2.45) is 0 Å². The number of hydrogen-bond donors (Lipinski definition) is 1. The maximum atomic E-state index is 11.8. The third kappa shape index (κ3) is 3.66. The molecular weight excluding hydrogens is 242 g/mol. The van der Waals surface area contributed by atoms with Gasteiger partial charge >= 0.3 is 0 Å². The van der Waals surface area contributed by atoms with Gasteiger partial charge in [0.2, 0.25) is 0 Å². The van der Waals surface area contributed by atoms with Crippen LogP contribution >= 0.6 is 0 Å². The fourth-order valence-corrected chi connectivity index (χ4v) is 1.42. The highest BCUT2D eigenvalue weighted by Gasteiger charge is 2.15. The Morgan fingerprint density at radius 1 is 1.21 bits per heavy atom. The quantitative estimate of drug-likeness (QED) is 0.861. The molecule has 0 fully saturated rings. The van der Waals surface area contributed by atoms with E-state index in [9.17, 15) is 4.79 Å². The summed E-state index contributed by atoms with van der Waals surface area (Å²) in [5.41, 5.74) is 3.17. The molecular formula is C14H17N3O2. The lowest BCUT2D eigenvalue weighted by atomic mass is 10.2. The van der Waals surface area contributed by atoms with Crippen molar-refractivity contribution in [1.29, 1.82) is 0 Å². The Bertz CT molecular complexity index is 556. The predicted molar refractivity (Wildman–Crippen MR) is 71.9 cm³/mol. The number of hydrogen-bond acceptors (Lipinski definition) is 3. The Hall–Kier alpha value is -2.14. The van der Waals surface area contributed by atoms with E-state index in [1.807, 2.05) is 51.1 Å². The highest BCUT2D eigenvalue weighted by atomic mass is 16.7. The molecule has 19 heavy (non-hydrogen) atoms. The normalized spacial score (nSPS) is 11.3. The number of rotatable bonds is 3. The van der Waals surface area contributed by atoms with Gasteiger partial charge in [-0.25, -0.2) is 10.2 Å². The third-order valence-corrected chi connectivity index (χ3v) is 2.29. The number of benzene rings is 1. The van der Waals surface area contributed by atoms with Crippen LogP contribution in [0, 0.1) is 0 Å². The van der Waals surface area contributed by atoms with Gasteiger partial charge in [0.1, 0.15) is 0 Å². The number of carbonyl (C=O) groups excluding carboxylic acids is 1. The van der Waals surface area contributed by atoms with E-state index >= 15 is 0 Å². The van der Waals surface area contributed by atoms with Gasteiger partial charge in [-0.3, -0.25) is 9.63 Å². The van der Waals surface area contributed by atoms with E-state index in [0.717, 1.165) is 5.69 Å². The van der Waals surface area contributed by atoms with Crippen LogP contribution in [0.5, 0.6) is 0 Å². The molecule has 1 heterocycles. The van der Waals surface area contributed by atoms with Gasteiger partial charge in [0, 0.05) is 6.20 Å². The van der Waals surface area contributed by atoms with Crippen LogP contribution in [-0.4, -0.2) is 21.3 Å². The van der Waals surface area contributed by atoms with Crippen LogP contribution in [0.4, 0.5) is 0 Å². The van der Waals surface area contributed by atoms with Crippen molar-refractivity contribution in [3.8, 4) is 5.69 Å². The number of hydroxylamine groups is 1. The number of amides is 1. The van der Waals surface area contributed by atoms with Crippen molar-refractivity contribution in [2.75, 3.05) is 0 Å². The zero-order chi connectivity index (χ0) is 13.9. The first-order valence-corrected chi connectivity index (χ1v) is 6.05. The number of carbonyl (C=O) groups is 1. The van der Waals surface area contributed by atoms with E-state index in [4.69, 9.17) is 4.84 Å². The summed E-state index contributed by atoms with van der Waals surface area (Å²) in [5, 5.41) is 4.21. The molecule has 2 aromatic rings. The van der Waals surface area contributed by atoms with Gasteiger partial charge in [-0.05, 0) is 39.0 Å². The zero-order valence-corrected chi connectivity index (χ0v) is 11.3. The molecule has 1 amide bonds. The summed E-state index contributed by atoms with van der Waals surface area (Å²) in [5.74, 6) is -0.357. The van der Waals surface area contributed by atoms with Gasteiger partial charge in [0.15, 0.2) is 5.69 Å². The summed E-state index contributed by atoms with van der Waals surface area (Å²) in [6.45, 7) is 5.57. The molecule has 100 valence electrons. The van der Waals surface area contributed by atoms with Gasteiger partial charge in [-0.15, -0.1) is 0 Å². The summed E-state index contributed by atoms with van der Waals surface area (Å²) >= 11 is 0. The molecule has 2 rings (SSSR count). The average molecular weight is 259 g/mol. The van der Waals surface area contributed by atoms with Gasteiger partial charge in [0.05, 0.1) is 11.3 Å². The Labute approximate surface area is 112 Å². The maximum Gasteiger partial charge on any atom is 0.295 e. The fourth-order valence-electron chi connectivity index (χ4n) is 1.42. The highest BCUT2D eigenvalue weighted by Crippen LogP contribution is 2.08. The average Bonchev–Trinajstić information content (AvgIpc) is 2.86. The number of nitrogens with one attached hydrogen (secondary N) is 1. The Kier molecular flexibility index (Phi) is 3.66. The second kappa shape index (κ2) is 5.24. The second-order valence-electron chi connectivity index (χ2n) is 5.13. The van der Waals surface area contributed by atoms with E-state index in [1.54, 1.807) is 16.9 Å². The molecule has 0 saturated carbocycles. The number of aromatic nitrogens is 2. The molecule has 0 radical (unpaired) electrons. The number of para-hydroxylation sites is 1. The lowest BCUT2D eigenvalue weighted by Gasteiger charge is -2.18. The van der Waals surface area contributed by atoms with Gasteiger partial charge < -0.3 is 0 Å². The van der Waals surface area contributed by atoms with Gasteiger partial charge in [0.25, 0.3) is 5.91 Å². The molecule has 0 saturated heterocycles. The van der Waals surface area contributed by atoms with E-state index < -0.39 is 5.60 Å². The molecule has 1 N–H and O–H groups in total. The molecule has 0 atom stereocenters. The predicted octanol–water partition coefficient (Wildman–Crippen LogP) is 2.33. The first-order valence-electron chi connectivity index (χ1n) is 6.05. The molecule has 0 aliphatic heterocycles. The molecule has 5 nitrogen and oxygen atoms in total. The summed E-state index contributed by atoms with van der Waals surface area (Å²) in [4.78, 5) is 17.0. The van der Waals surface area contributed by atoms with Crippen LogP contribution in [0.25, 0.3) is 5.69 Å². The topological polar surface area (TPSA) is 56.1 Å². The van der Waals surface area contributed by atoms with Crippen molar-refractivity contribution in [3.63, 3.8) is 0 Å². The third-order valence-electron chi connectivity index (χ3n) is 2.29. The molecule has 0 unspecified atom stereocenters. The lowest BCUT2D eigenvalue weighted by molar-refractivity contribution is -0.0591. The van der Waals surface area contributed by atoms with Crippen LogP contribution in [-0.2, 0) is 4.84 Å². The molecule has 5 heteroatoms. The van der Waals surface area contributed by atoms with Crippen molar-refractivity contribution < 1.29 is 9.63 Å². The fraction of sp³-hybridized carbons (Fsp3) is 0.286. The smallest absolute Gasteiger partial charge is 0.268 e. The summed E-state index contributed by atoms with van der Waals surface area (Å²) in [6, 6.07) is 11.2. The van der Waals surface area contributed by atoms with Crippen molar-refractivity contribution >= 4 is 5.91 Å².